The number of halogens is 1. The molecule has 4 heteroatoms. The average Bonchev–Trinajstić information content (AvgIpc) is 3.05. The van der Waals surface area contributed by atoms with Gasteiger partial charge in [0.15, 0.2) is 4.67 Å². The van der Waals surface area contributed by atoms with Gasteiger partial charge >= 0.3 is 5.97 Å². The van der Waals surface area contributed by atoms with Crippen molar-refractivity contribution < 1.29 is 13.9 Å². The number of ether oxygens (including phenoxy) is 1. The SMILES string of the molecule is O=C(/C=C/c1ccc(Br)o1)OCc1ccc(-c2ccccc2)cc1. The second-order valence-electron chi connectivity index (χ2n) is 5.15. The number of furan rings is 1. The molecular formula is C20H15BrO3. The molecule has 0 saturated heterocycles. The quantitative estimate of drug-likeness (QED) is 0.434. The lowest BCUT2D eigenvalue weighted by Crippen LogP contribution is -2.00. The van der Waals surface area contributed by atoms with Crippen molar-refractivity contribution in [2.45, 2.75) is 6.61 Å². The van der Waals surface area contributed by atoms with Gasteiger partial charge in [0, 0.05) is 6.08 Å². The molecule has 3 aromatic rings. The Labute approximate surface area is 148 Å². The molecule has 0 unspecified atom stereocenters. The Morgan fingerprint density at radius 3 is 2.33 bits per heavy atom. The fraction of sp³-hybridized carbons (Fsp3) is 0.0500. The molecule has 120 valence electrons. The van der Waals surface area contributed by atoms with Crippen LogP contribution in [0, 0.1) is 0 Å². The molecule has 0 fully saturated rings. The van der Waals surface area contributed by atoms with Gasteiger partial charge in [-0.25, -0.2) is 4.79 Å². The molecule has 2 aromatic carbocycles. The first-order valence-electron chi connectivity index (χ1n) is 7.45. The number of esters is 1. The molecule has 0 aliphatic rings. The number of carbonyl (C=O) groups excluding carboxylic acids is 1. The predicted molar refractivity (Wildman–Crippen MR) is 97.1 cm³/mol. The monoisotopic (exact) mass is 382 g/mol. The maximum Gasteiger partial charge on any atom is 0.331 e. The van der Waals surface area contributed by atoms with Gasteiger partial charge in [0.25, 0.3) is 0 Å². The van der Waals surface area contributed by atoms with Crippen molar-refractivity contribution in [2.24, 2.45) is 0 Å². The summed E-state index contributed by atoms with van der Waals surface area (Å²) in [4.78, 5) is 11.7. The summed E-state index contributed by atoms with van der Waals surface area (Å²) in [5, 5.41) is 0. The Morgan fingerprint density at radius 2 is 1.67 bits per heavy atom. The Bertz CT molecular complexity index is 833. The lowest BCUT2D eigenvalue weighted by Gasteiger charge is -2.05. The van der Waals surface area contributed by atoms with Gasteiger partial charge in [0.1, 0.15) is 12.4 Å². The minimum absolute atomic E-state index is 0.236. The zero-order chi connectivity index (χ0) is 16.8. The van der Waals surface area contributed by atoms with E-state index in [2.05, 4.69) is 28.1 Å². The van der Waals surface area contributed by atoms with Crippen LogP contribution < -0.4 is 0 Å². The summed E-state index contributed by atoms with van der Waals surface area (Å²) >= 11 is 3.21. The van der Waals surface area contributed by atoms with Gasteiger partial charge in [-0.1, -0.05) is 54.6 Å². The molecular weight excluding hydrogens is 368 g/mol. The van der Waals surface area contributed by atoms with Crippen LogP contribution in [0.2, 0.25) is 0 Å². The van der Waals surface area contributed by atoms with Crippen LogP contribution in [0.15, 0.2) is 81.9 Å². The van der Waals surface area contributed by atoms with Crippen LogP contribution in [0.3, 0.4) is 0 Å². The topological polar surface area (TPSA) is 39.4 Å². The number of rotatable bonds is 5. The van der Waals surface area contributed by atoms with Crippen molar-refractivity contribution in [1.29, 1.82) is 0 Å². The largest absolute Gasteiger partial charge is 0.458 e. The number of hydrogen-bond acceptors (Lipinski definition) is 3. The molecule has 0 radical (unpaired) electrons. The number of hydrogen-bond donors (Lipinski definition) is 0. The summed E-state index contributed by atoms with van der Waals surface area (Å²) in [7, 11) is 0. The second-order valence-corrected chi connectivity index (χ2v) is 5.93. The maximum atomic E-state index is 11.7. The standard InChI is InChI=1S/C20H15BrO3/c21-19-12-10-18(24-19)11-13-20(22)23-14-15-6-8-17(9-7-15)16-4-2-1-3-5-16/h1-13H,14H2/b13-11+. The summed E-state index contributed by atoms with van der Waals surface area (Å²) in [5.74, 6) is 0.181. The van der Waals surface area contributed by atoms with Crippen LogP contribution in [0.5, 0.6) is 0 Å². The van der Waals surface area contributed by atoms with E-state index >= 15 is 0 Å². The predicted octanol–water partition coefficient (Wildman–Crippen LogP) is 5.47. The van der Waals surface area contributed by atoms with Gasteiger partial charge in [-0.05, 0) is 50.8 Å². The molecule has 1 aromatic heterocycles. The molecule has 0 saturated carbocycles. The van der Waals surface area contributed by atoms with Crippen molar-refractivity contribution >= 4 is 28.0 Å². The van der Waals surface area contributed by atoms with Crippen molar-refractivity contribution in [3.63, 3.8) is 0 Å². The molecule has 3 nitrogen and oxygen atoms in total. The fourth-order valence-corrected chi connectivity index (χ4v) is 2.51. The van der Waals surface area contributed by atoms with Gasteiger partial charge in [0.05, 0.1) is 0 Å². The Hall–Kier alpha value is -2.59. The minimum Gasteiger partial charge on any atom is -0.458 e. The molecule has 0 spiro atoms. The van der Waals surface area contributed by atoms with E-state index < -0.39 is 5.97 Å². The van der Waals surface area contributed by atoms with E-state index in [1.54, 1.807) is 18.2 Å². The minimum atomic E-state index is -0.408. The number of carbonyl (C=O) groups is 1. The molecule has 0 N–H and O–H groups in total. The van der Waals surface area contributed by atoms with Gasteiger partial charge in [0.2, 0.25) is 0 Å². The molecule has 0 bridgehead atoms. The first-order valence-corrected chi connectivity index (χ1v) is 8.24. The lowest BCUT2D eigenvalue weighted by atomic mass is 10.0. The summed E-state index contributed by atoms with van der Waals surface area (Å²) in [5.41, 5.74) is 3.24. The number of benzene rings is 2. The first kappa shape index (κ1) is 16.3. The van der Waals surface area contributed by atoms with E-state index in [4.69, 9.17) is 9.15 Å². The summed E-state index contributed by atoms with van der Waals surface area (Å²) in [6.07, 6.45) is 2.93. The zero-order valence-corrected chi connectivity index (χ0v) is 14.4. The Morgan fingerprint density at radius 1 is 0.958 bits per heavy atom. The zero-order valence-electron chi connectivity index (χ0n) is 12.8. The summed E-state index contributed by atoms with van der Waals surface area (Å²) in [6, 6.07) is 21.6. The van der Waals surface area contributed by atoms with E-state index in [0.29, 0.717) is 10.4 Å². The van der Waals surface area contributed by atoms with Gasteiger partial charge < -0.3 is 9.15 Å². The highest BCUT2D eigenvalue weighted by atomic mass is 79.9. The normalized spacial score (nSPS) is 10.9. The Balaban J connectivity index is 1.55. The molecule has 0 aliphatic heterocycles. The van der Waals surface area contributed by atoms with Crippen LogP contribution in [-0.4, -0.2) is 5.97 Å². The lowest BCUT2D eigenvalue weighted by molar-refractivity contribution is -0.138. The molecule has 0 aliphatic carbocycles. The maximum absolute atomic E-state index is 11.7. The molecule has 24 heavy (non-hydrogen) atoms. The van der Waals surface area contributed by atoms with Crippen LogP contribution >= 0.6 is 15.9 Å². The highest BCUT2D eigenvalue weighted by molar-refractivity contribution is 9.10. The third-order valence-corrected chi connectivity index (χ3v) is 3.85. The van der Waals surface area contributed by atoms with E-state index in [-0.39, 0.29) is 6.61 Å². The van der Waals surface area contributed by atoms with Crippen molar-refractivity contribution in [2.75, 3.05) is 0 Å². The molecule has 0 atom stereocenters. The van der Waals surface area contributed by atoms with Crippen molar-refractivity contribution in [3.8, 4) is 11.1 Å². The Kier molecular flexibility index (Phi) is 5.29. The molecule has 1 heterocycles. The fourth-order valence-electron chi connectivity index (χ4n) is 2.19. The first-order chi connectivity index (χ1) is 11.7. The van der Waals surface area contributed by atoms with Gasteiger partial charge in [-0.3, -0.25) is 0 Å². The van der Waals surface area contributed by atoms with Crippen LogP contribution in [0.25, 0.3) is 17.2 Å². The van der Waals surface area contributed by atoms with Crippen LogP contribution in [-0.2, 0) is 16.1 Å². The smallest absolute Gasteiger partial charge is 0.331 e. The van der Waals surface area contributed by atoms with E-state index in [1.807, 2.05) is 42.5 Å². The molecule has 0 amide bonds. The van der Waals surface area contributed by atoms with E-state index in [9.17, 15) is 4.79 Å². The molecule has 3 rings (SSSR count). The average molecular weight is 383 g/mol. The highest BCUT2D eigenvalue weighted by Gasteiger charge is 2.02. The summed E-state index contributed by atoms with van der Waals surface area (Å²) in [6.45, 7) is 0.236. The second kappa shape index (κ2) is 7.79. The highest BCUT2D eigenvalue weighted by Crippen LogP contribution is 2.19. The van der Waals surface area contributed by atoms with Crippen molar-refractivity contribution in [1.82, 2.24) is 0 Å². The van der Waals surface area contributed by atoms with Gasteiger partial charge in [-0.2, -0.15) is 0 Å². The van der Waals surface area contributed by atoms with Crippen LogP contribution in [0.1, 0.15) is 11.3 Å². The third-order valence-electron chi connectivity index (χ3n) is 3.42. The summed E-state index contributed by atoms with van der Waals surface area (Å²) < 4.78 is 11.1. The third kappa shape index (κ3) is 4.46. The van der Waals surface area contributed by atoms with E-state index in [0.717, 1.165) is 16.7 Å². The van der Waals surface area contributed by atoms with Gasteiger partial charge in [-0.15, -0.1) is 0 Å². The van der Waals surface area contributed by atoms with E-state index in [1.165, 1.54) is 6.08 Å². The van der Waals surface area contributed by atoms with Crippen LogP contribution in [0.4, 0.5) is 0 Å². The van der Waals surface area contributed by atoms with Crippen molar-refractivity contribution in [3.05, 3.63) is 88.8 Å².